The summed E-state index contributed by atoms with van der Waals surface area (Å²) in [7, 11) is 0. The Labute approximate surface area is 169 Å². The van der Waals surface area contributed by atoms with Gasteiger partial charge in [-0.05, 0) is 12.8 Å². The van der Waals surface area contributed by atoms with E-state index in [-0.39, 0.29) is 6.61 Å². The van der Waals surface area contributed by atoms with Gasteiger partial charge in [-0.2, -0.15) is 0 Å². The van der Waals surface area contributed by atoms with E-state index in [4.69, 9.17) is 23.2 Å². The second-order valence-corrected chi connectivity index (χ2v) is 7.94. The first-order valence-corrected chi connectivity index (χ1v) is 10.9. The highest BCUT2D eigenvalue weighted by molar-refractivity contribution is 6.53. The lowest BCUT2D eigenvalue weighted by atomic mass is 10.0. The maximum Gasteiger partial charge on any atom is 0.253 e. The zero-order valence-corrected chi connectivity index (χ0v) is 17.6. The highest BCUT2D eigenvalue weighted by atomic mass is 35.5. The molecule has 0 heterocycles. The third-order valence-electron chi connectivity index (χ3n) is 4.44. The van der Waals surface area contributed by atoms with Gasteiger partial charge in [0.1, 0.15) is 0 Å². The number of alkyl halides is 2. The number of aliphatic hydroxyl groups is 2. The minimum atomic E-state index is -1.21. The van der Waals surface area contributed by atoms with Crippen LogP contribution in [0.4, 0.5) is 0 Å². The van der Waals surface area contributed by atoms with Crippen molar-refractivity contribution in [1.29, 1.82) is 0 Å². The van der Waals surface area contributed by atoms with Crippen LogP contribution in [-0.2, 0) is 4.79 Å². The van der Waals surface area contributed by atoms with Crippen molar-refractivity contribution in [3.8, 4) is 0 Å². The number of unbranched alkanes of at least 4 members (excludes halogenated alkanes) is 11. The molecule has 26 heavy (non-hydrogen) atoms. The SMILES string of the molecule is CCCCCCCCCCCCC/C=C/[C@@H](O)[C@H](CO)NC(=O)C(Cl)Cl. The molecule has 0 spiro atoms. The quantitative estimate of drug-likeness (QED) is 0.182. The van der Waals surface area contributed by atoms with E-state index in [2.05, 4.69) is 12.2 Å². The van der Waals surface area contributed by atoms with Gasteiger partial charge in [-0.25, -0.2) is 0 Å². The summed E-state index contributed by atoms with van der Waals surface area (Å²) in [6.45, 7) is 1.87. The molecular formula is C20H37Cl2NO3. The van der Waals surface area contributed by atoms with Gasteiger partial charge in [-0.15, -0.1) is 0 Å². The Hall–Kier alpha value is -0.290. The Balaban J connectivity index is 3.62. The van der Waals surface area contributed by atoms with Gasteiger partial charge in [0.15, 0.2) is 4.84 Å². The van der Waals surface area contributed by atoms with Gasteiger partial charge in [0.25, 0.3) is 5.91 Å². The van der Waals surface area contributed by atoms with Crippen LogP contribution >= 0.6 is 23.2 Å². The molecule has 0 unspecified atom stereocenters. The molecular weight excluding hydrogens is 373 g/mol. The van der Waals surface area contributed by atoms with Crippen molar-refractivity contribution in [3.63, 3.8) is 0 Å². The van der Waals surface area contributed by atoms with Crippen LogP contribution in [0.2, 0.25) is 0 Å². The number of hydrogen-bond acceptors (Lipinski definition) is 3. The van der Waals surface area contributed by atoms with Crippen LogP contribution < -0.4 is 5.32 Å². The maximum atomic E-state index is 11.4. The van der Waals surface area contributed by atoms with Gasteiger partial charge in [0.05, 0.1) is 18.8 Å². The first-order chi connectivity index (χ1) is 12.5. The van der Waals surface area contributed by atoms with E-state index in [9.17, 15) is 15.0 Å². The summed E-state index contributed by atoms with van der Waals surface area (Å²) in [5.41, 5.74) is 0. The molecule has 154 valence electrons. The van der Waals surface area contributed by atoms with Gasteiger partial charge in [-0.1, -0.05) is 106 Å². The van der Waals surface area contributed by atoms with Gasteiger partial charge in [0, 0.05) is 0 Å². The number of hydrogen-bond donors (Lipinski definition) is 3. The molecule has 0 rings (SSSR count). The maximum absolute atomic E-state index is 11.4. The lowest BCUT2D eigenvalue weighted by Crippen LogP contribution is -2.46. The Morgan fingerprint density at radius 3 is 1.92 bits per heavy atom. The normalized spacial score (nSPS) is 14.1. The molecule has 2 atom stereocenters. The molecule has 0 saturated carbocycles. The minimum Gasteiger partial charge on any atom is -0.394 e. The lowest BCUT2D eigenvalue weighted by Gasteiger charge is -2.20. The van der Waals surface area contributed by atoms with Gasteiger partial charge in [0.2, 0.25) is 0 Å². The molecule has 0 aromatic carbocycles. The predicted octanol–water partition coefficient (Wildman–Crippen LogP) is 4.89. The first-order valence-electron chi connectivity index (χ1n) is 10.1. The standard InChI is InChI=1S/C20H37Cl2NO3/c1-2-3-4-5-6-7-8-9-10-11-12-13-14-15-18(25)17(16-24)23-20(26)19(21)22/h14-15,17-19,24-25H,2-13,16H2,1H3,(H,23,26)/b15-14+/t17-,18+/m0/s1. The Morgan fingerprint density at radius 1 is 0.962 bits per heavy atom. The molecule has 0 saturated heterocycles. The zero-order chi connectivity index (χ0) is 19.6. The van der Waals surface area contributed by atoms with Gasteiger partial charge in [-0.3, -0.25) is 4.79 Å². The smallest absolute Gasteiger partial charge is 0.253 e. The number of rotatable bonds is 17. The fourth-order valence-corrected chi connectivity index (χ4v) is 2.91. The molecule has 0 aromatic heterocycles. The van der Waals surface area contributed by atoms with Crippen LogP contribution in [0.3, 0.4) is 0 Å². The summed E-state index contributed by atoms with van der Waals surface area (Å²) in [4.78, 5) is 10.2. The molecule has 0 aliphatic carbocycles. The highest BCUT2D eigenvalue weighted by Gasteiger charge is 2.21. The number of carbonyl (C=O) groups is 1. The molecule has 0 radical (unpaired) electrons. The number of allylic oxidation sites excluding steroid dienone is 1. The average molecular weight is 410 g/mol. The van der Waals surface area contributed by atoms with E-state index in [1.54, 1.807) is 6.08 Å². The van der Waals surface area contributed by atoms with Gasteiger partial charge < -0.3 is 15.5 Å². The topological polar surface area (TPSA) is 69.6 Å². The summed E-state index contributed by atoms with van der Waals surface area (Å²) >= 11 is 10.9. The Morgan fingerprint density at radius 2 is 1.46 bits per heavy atom. The van der Waals surface area contributed by atoms with Gasteiger partial charge >= 0.3 is 0 Å². The second kappa shape index (κ2) is 18.1. The van der Waals surface area contributed by atoms with E-state index in [1.165, 1.54) is 64.2 Å². The summed E-state index contributed by atoms with van der Waals surface area (Å²) < 4.78 is 0. The predicted molar refractivity (Wildman–Crippen MR) is 111 cm³/mol. The lowest BCUT2D eigenvalue weighted by molar-refractivity contribution is -0.121. The third-order valence-corrected chi connectivity index (χ3v) is 4.84. The van der Waals surface area contributed by atoms with E-state index in [0.717, 1.165) is 12.8 Å². The van der Waals surface area contributed by atoms with Crippen molar-refractivity contribution < 1.29 is 15.0 Å². The molecule has 3 N–H and O–H groups in total. The number of nitrogens with one attached hydrogen (secondary N) is 1. The van der Waals surface area contributed by atoms with Crippen LogP contribution in [0, 0.1) is 0 Å². The molecule has 1 amide bonds. The second-order valence-electron chi connectivity index (χ2n) is 6.84. The van der Waals surface area contributed by atoms with Crippen LogP contribution in [-0.4, -0.2) is 39.7 Å². The molecule has 0 bridgehead atoms. The monoisotopic (exact) mass is 409 g/mol. The van der Waals surface area contributed by atoms with E-state index in [0.29, 0.717) is 0 Å². The Kier molecular flexibility index (Phi) is 17.9. The van der Waals surface area contributed by atoms with Crippen molar-refractivity contribution in [2.45, 2.75) is 101 Å². The molecule has 0 fully saturated rings. The number of amides is 1. The fourth-order valence-electron chi connectivity index (χ4n) is 2.78. The minimum absolute atomic E-state index is 0.379. The zero-order valence-electron chi connectivity index (χ0n) is 16.1. The molecule has 0 aliphatic heterocycles. The van der Waals surface area contributed by atoms with Crippen molar-refractivity contribution in [2.24, 2.45) is 0 Å². The van der Waals surface area contributed by atoms with Crippen LogP contribution in [0.1, 0.15) is 84.0 Å². The van der Waals surface area contributed by atoms with Crippen LogP contribution in [0.25, 0.3) is 0 Å². The van der Waals surface area contributed by atoms with Crippen molar-refractivity contribution >= 4 is 29.1 Å². The number of halogens is 2. The van der Waals surface area contributed by atoms with E-state index < -0.39 is 22.9 Å². The average Bonchev–Trinajstić information content (AvgIpc) is 2.62. The van der Waals surface area contributed by atoms with E-state index >= 15 is 0 Å². The molecule has 4 nitrogen and oxygen atoms in total. The Bertz CT molecular complexity index is 365. The number of aliphatic hydroxyl groups excluding tert-OH is 2. The largest absolute Gasteiger partial charge is 0.394 e. The van der Waals surface area contributed by atoms with Crippen LogP contribution in [0.5, 0.6) is 0 Å². The summed E-state index contributed by atoms with van der Waals surface area (Å²) in [6.07, 6.45) is 17.8. The van der Waals surface area contributed by atoms with Crippen molar-refractivity contribution in [3.05, 3.63) is 12.2 Å². The summed E-state index contributed by atoms with van der Waals surface area (Å²) in [5, 5.41) is 21.6. The molecule has 0 aliphatic rings. The summed E-state index contributed by atoms with van der Waals surface area (Å²) in [5.74, 6) is -0.620. The number of carbonyl (C=O) groups excluding carboxylic acids is 1. The third kappa shape index (κ3) is 14.8. The first kappa shape index (κ1) is 25.7. The summed E-state index contributed by atoms with van der Waals surface area (Å²) in [6, 6.07) is -0.795. The van der Waals surface area contributed by atoms with E-state index in [1.807, 2.05) is 6.08 Å². The highest BCUT2D eigenvalue weighted by Crippen LogP contribution is 2.12. The molecule has 6 heteroatoms. The van der Waals surface area contributed by atoms with Crippen molar-refractivity contribution in [1.82, 2.24) is 5.32 Å². The van der Waals surface area contributed by atoms with Crippen molar-refractivity contribution in [2.75, 3.05) is 6.61 Å². The van der Waals surface area contributed by atoms with Crippen LogP contribution in [0.15, 0.2) is 12.2 Å². The molecule has 0 aromatic rings. The fraction of sp³-hybridized carbons (Fsp3) is 0.850.